The molecule has 1 aliphatic rings. The van der Waals surface area contributed by atoms with E-state index in [0.717, 1.165) is 23.3 Å². The summed E-state index contributed by atoms with van der Waals surface area (Å²) in [5.41, 5.74) is 0.766. The SMILES string of the molecule is CCCc1ccc(C2(C)NC(=O)N(Cc3ccc(C(=O)OC)o3)C2=O)cc1. The number of carbonyl (C=O) groups is 3. The van der Waals surface area contributed by atoms with E-state index in [0.29, 0.717) is 5.76 Å². The number of hydrogen-bond donors (Lipinski definition) is 1. The summed E-state index contributed by atoms with van der Waals surface area (Å²) in [6.07, 6.45) is 2.00. The molecule has 1 fully saturated rings. The van der Waals surface area contributed by atoms with E-state index in [1.165, 1.54) is 18.7 Å². The van der Waals surface area contributed by atoms with Gasteiger partial charge in [-0.15, -0.1) is 0 Å². The van der Waals surface area contributed by atoms with Gasteiger partial charge in [0.15, 0.2) is 0 Å². The first-order chi connectivity index (χ1) is 12.9. The summed E-state index contributed by atoms with van der Waals surface area (Å²) in [7, 11) is 1.25. The van der Waals surface area contributed by atoms with Gasteiger partial charge in [-0.1, -0.05) is 37.6 Å². The zero-order chi connectivity index (χ0) is 19.6. The van der Waals surface area contributed by atoms with E-state index in [-0.39, 0.29) is 18.2 Å². The molecule has 1 aliphatic heterocycles. The maximum atomic E-state index is 13.0. The molecule has 1 saturated heterocycles. The van der Waals surface area contributed by atoms with E-state index in [1.54, 1.807) is 13.0 Å². The zero-order valence-electron chi connectivity index (χ0n) is 15.6. The summed E-state index contributed by atoms with van der Waals surface area (Å²) < 4.78 is 9.95. The summed E-state index contributed by atoms with van der Waals surface area (Å²) >= 11 is 0. The van der Waals surface area contributed by atoms with Crippen LogP contribution in [0.4, 0.5) is 4.79 Å². The number of nitrogens with zero attached hydrogens (tertiary/aromatic N) is 1. The van der Waals surface area contributed by atoms with E-state index in [2.05, 4.69) is 17.0 Å². The van der Waals surface area contributed by atoms with Gasteiger partial charge in [0.1, 0.15) is 11.3 Å². The van der Waals surface area contributed by atoms with Crippen molar-refractivity contribution < 1.29 is 23.5 Å². The van der Waals surface area contributed by atoms with E-state index >= 15 is 0 Å². The molecule has 0 saturated carbocycles. The number of esters is 1. The lowest BCUT2D eigenvalue weighted by Crippen LogP contribution is -2.40. The Balaban J connectivity index is 1.79. The first-order valence-electron chi connectivity index (χ1n) is 8.79. The first kappa shape index (κ1) is 18.7. The van der Waals surface area contributed by atoms with Crippen LogP contribution in [0, 0.1) is 0 Å². The maximum absolute atomic E-state index is 13.0. The van der Waals surface area contributed by atoms with Crippen LogP contribution < -0.4 is 5.32 Å². The van der Waals surface area contributed by atoms with Crippen LogP contribution in [0.1, 0.15) is 47.7 Å². The molecule has 1 aromatic heterocycles. The van der Waals surface area contributed by atoms with Gasteiger partial charge >= 0.3 is 12.0 Å². The summed E-state index contributed by atoms with van der Waals surface area (Å²) in [5, 5.41) is 2.76. The highest BCUT2D eigenvalue weighted by atomic mass is 16.5. The molecule has 2 aromatic rings. The lowest BCUT2D eigenvalue weighted by atomic mass is 9.91. The minimum Gasteiger partial charge on any atom is -0.463 e. The smallest absolute Gasteiger partial charge is 0.373 e. The molecule has 142 valence electrons. The Bertz CT molecular complexity index is 871. The third-order valence-electron chi connectivity index (χ3n) is 4.71. The largest absolute Gasteiger partial charge is 0.463 e. The number of nitrogens with one attached hydrogen (secondary N) is 1. The topological polar surface area (TPSA) is 88.8 Å². The Hall–Kier alpha value is -3.09. The molecule has 1 unspecified atom stereocenters. The molecule has 27 heavy (non-hydrogen) atoms. The van der Waals surface area contributed by atoms with Crippen molar-refractivity contribution in [2.24, 2.45) is 0 Å². The van der Waals surface area contributed by atoms with Gasteiger partial charge < -0.3 is 14.5 Å². The van der Waals surface area contributed by atoms with Gasteiger partial charge in [0, 0.05) is 0 Å². The Labute approximate surface area is 157 Å². The summed E-state index contributed by atoms with van der Waals surface area (Å²) in [4.78, 5) is 37.9. The molecule has 0 spiro atoms. The summed E-state index contributed by atoms with van der Waals surface area (Å²) in [5.74, 6) is -0.641. The monoisotopic (exact) mass is 370 g/mol. The van der Waals surface area contributed by atoms with Crippen molar-refractivity contribution in [1.29, 1.82) is 0 Å². The number of aryl methyl sites for hydroxylation is 1. The van der Waals surface area contributed by atoms with E-state index in [4.69, 9.17) is 4.42 Å². The molecule has 7 nitrogen and oxygen atoms in total. The molecule has 1 aromatic carbocycles. The predicted molar refractivity (Wildman–Crippen MR) is 96.9 cm³/mol. The molecule has 1 N–H and O–H groups in total. The van der Waals surface area contributed by atoms with Gasteiger partial charge in [-0.25, -0.2) is 9.59 Å². The van der Waals surface area contributed by atoms with Crippen molar-refractivity contribution in [1.82, 2.24) is 10.2 Å². The summed E-state index contributed by atoms with van der Waals surface area (Å²) in [6.45, 7) is 3.73. The minimum absolute atomic E-state index is 0.0221. The molecule has 3 rings (SSSR count). The van der Waals surface area contributed by atoms with E-state index < -0.39 is 17.5 Å². The molecule has 7 heteroatoms. The van der Waals surface area contributed by atoms with E-state index in [1.807, 2.05) is 24.3 Å². The van der Waals surface area contributed by atoms with Crippen molar-refractivity contribution in [3.63, 3.8) is 0 Å². The van der Waals surface area contributed by atoms with Crippen molar-refractivity contribution in [2.75, 3.05) is 7.11 Å². The van der Waals surface area contributed by atoms with Crippen LogP contribution in [0.5, 0.6) is 0 Å². The van der Waals surface area contributed by atoms with Crippen LogP contribution >= 0.6 is 0 Å². The number of carbonyl (C=O) groups excluding carboxylic acids is 3. The van der Waals surface area contributed by atoms with Gasteiger partial charge in [-0.2, -0.15) is 0 Å². The number of rotatable bonds is 6. The number of amides is 3. The summed E-state index contributed by atoms with van der Waals surface area (Å²) in [6, 6.07) is 10.2. The molecule has 3 amide bonds. The second kappa shape index (κ2) is 7.26. The Morgan fingerprint density at radius 1 is 1.19 bits per heavy atom. The Kier molecular flexibility index (Phi) is 5.03. The number of urea groups is 1. The number of ether oxygens (including phenoxy) is 1. The molecule has 1 atom stereocenters. The quantitative estimate of drug-likeness (QED) is 0.624. The highest BCUT2D eigenvalue weighted by Gasteiger charge is 2.49. The molecule has 2 heterocycles. The van der Waals surface area contributed by atoms with E-state index in [9.17, 15) is 14.4 Å². The highest BCUT2D eigenvalue weighted by Crippen LogP contribution is 2.30. The molecular weight excluding hydrogens is 348 g/mol. The second-order valence-corrected chi connectivity index (χ2v) is 6.65. The lowest BCUT2D eigenvalue weighted by molar-refractivity contribution is -0.131. The van der Waals surface area contributed by atoms with Crippen LogP contribution in [0.25, 0.3) is 0 Å². The predicted octanol–water partition coefficient (Wildman–Crippen LogP) is 2.99. The standard InChI is InChI=1S/C20H22N2O5/c1-4-5-13-6-8-14(9-7-13)20(2)18(24)22(19(25)21-20)12-15-10-11-16(27-15)17(23)26-3/h6-11H,4-5,12H2,1-3H3,(H,21,25). The van der Waals surface area contributed by atoms with Crippen LogP contribution in [0.2, 0.25) is 0 Å². The van der Waals surface area contributed by atoms with Gasteiger partial charge in [0.2, 0.25) is 5.76 Å². The van der Waals surface area contributed by atoms with Crippen LogP contribution in [0.15, 0.2) is 40.8 Å². The van der Waals surface area contributed by atoms with Crippen molar-refractivity contribution in [3.05, 3.63) is 59.0 Å². The minimum atomic E-state index is -1.14. The van der Waals surface area contributed by atoms with Gasteiger partial charge in [-0.3, -0.25) is 9.69 Å². The zero-order valence-corrected chi connectivity index (χ0v) is 15.6. The third-order valence-corrected chi connectivity index (χ3v) is 4.71. The third kappa shape index (κ3) is 3.45. The Morgan fingerprint density at radius 3 is 2.52 bits per heavy atom. The van der Waals surface area contributed by atoms with Crippen molar-refractivity contribution in [3.8, 4) is 0 Å². The fraction of sp³-hybridized carbons (Fsp3) is 0.350. The number of benzene rings is 1. The Morgan fingerprint density at radius 2 is 1.89 bits per heavy atom. The number of hydrogen-bond acceptors (Lipinski definition) is 5. The average Bonchev–Trinajstić information content (AvgIpc) is 3.21. The van der Waals surface area contributed by atoms with Gasteiger partial charge in [0.25, 0.3) is 5.91 Å². The maximum Gasteiger partial charge on any atom is 0.373 e. The molecule has 0 radical (unpaired) electrons. The highest BCUT2D eigenvalue weighted by molar-refractivity contribution is 6.07. The molecule has 0 bridgehead atoms. The van der Waals surface area contributed by atoms with Crippen LogP contribution in [-0.2, 0) is 28.0 Å². The number of methoxy groups -OCH3 is 1. The first-order valence-corrected chi connectivity index (χ1v) is 8.79. The van der Waals surface area contributed by atoms with Gasteiger partial charge in [-0.05, 0) is 36.6 Å². The molecular formula is C20H22N2O5. The van der Waals surface area contributed by atoms with Crippen molar-refractivity contribution >= 4 is 17.9 Å². The van der Waals surface area contributed by atoms with Crippen LogP contribution in [-0.4, -0.2) is 29.9 Å². The van der Waals surface area contributed by atoms with Crippen molar-refractivity contribution in [2.45, 2.75) is 38.8 Å². The normalized spacial score (nSPS) is 19.3. The fourth-order valence-corrected chi connectivity index (χ4v) is 3.16. The fourth-order valence-electron chi connectivity index (χ4n) is 3.16. The number of furan rings is 1. The second-order valence-electron chi connectivity index (χ2n) is 6.65. The lowest BCUT2D eigenvalue weighted by Gasteiger charge is -2.22. The molecule has 0 aliphatic carbocycles. The average molecular weight is 370 g/mol. The van der Waals surface area contributed by atoms with Gasteiger partial charge in [0.05, 0.1) is 13.7 Å². The number of imide groups is 1. The van der Waals surface area contributed by atoms with Crippen LogP contribution in [0.3, 0.4) is 0 Å².